The molecule has 3 aromatic carbocycles. The van der Waals surface area contributed by atoms with Gasteiger partial charge in [-0.1, -0.05) is 78.9 Å². The van der Waals surface area contributed by atoms with Crippen molar-refractivity contribution in [1.29, 1.82) is 0 Å². The molecule has 4 N–H and O–H groups in total. The summed E-state index contributed by atoms with van der Waals surface area (Å²) in [5.41, 5.74) is 4.63. The number of likely N-dealkylation sites (tertiary alicyclic amines) is 1. The summed E-state index contributed by atoms with van der Waals surface area (Å²) in [6, 6.07) is 24.2. The highest BCUT2D eigenvalue weighted by Gasteiger charge is 2.34. The first-order chi connectivity index (χ1) is 20.9. The van der Waals surface area contributed by atoms with E-state index >= 15 is 0 Å². The topological polar surface area (TPSA) is 120 Å². The number of urea groups is 1. The fraction of sp³-hybridized carbons (Fsp3) is 0.412. The molecule has 5 rings (SSSR count). The fourth-order valence-corrected chi connectivity index (χ4v) is 5.63. The number of amides is 2. The minimum Gasteiger partial charge on any atom is -0.392 e. The van der Waals surface area contributed by atoms with Gasteiger partial charge in [-0.3, -0.25) is 9.69 Å². The molecule has 9 heteroatoms. The third-order valence-corrected chi connectivity index (χ3v) is 8.11. The number of ether oxygens (including phenoxy) is 2. The fourth-order valence-electron chi connectivity index (χ4n) is 5.63. The lowest BCUT2D eigenvalue weighted by Crippen LogP contribution is -2.46. The van der Waals surface area contributed by atoms with E-state index in [1.54, 1.807) is 0 Å². The number of carbonyl (C=O) groups is 2. The molecule has 2 amide bonds. The van der Waals surface area contributed by atoms with E-state index in [0.29, 0.717) is 32.5 Å². The van der Waals surface area contributed by atoms with Crippen LogP contribution >= 0.6 is 0 Å². The predicted octanol–water partition coefficient (Wildman–Crippen LogP) is 3.79. The zero-order valence-electron chi connectivity index (χ0n) is 24.5. The molecule has 5 atom stereocenters. The van der Waals surface area contributed by atoms with Crippen LogP contribution in [0.15, 0.2) is 78.9 Å². The van der Waals surface area contributed by atoms with Crippen LogP contribution in [0.4, 0.5) is 4.79 Å². The van der Waals surface area contributed by atoms with Crippen LogP contribution in [-0.2, 0) is 33.8 Å². The molecule has 2 fully saturated rings. The smallest absolute Gasteiger partial charge is 0.315 e. The van der Waals surface area contributed by atoms with Gasteiger partial charge < -0.3 is 30.3 Å². The Morgan fingerprint density at radius 2 is 1.63 bits per heavy atom. The number of nitrogens with one attached hydrogen (secondary N) is 2. The van der Waals surface area contributed by atoms with Crippen molar-refractivity contribution in [1.82, 2.24) is 15.5 Å². The monoisotopic (exact) mass is 587 g/mol. The number of hydrogen-bond donors (Lipinski definition) is 4. The molecule has 0 saturated carbocycles. The predicted molar refractivity (Wildman–Crippen MR) is 162 cm³/mol. The van der Waals surface area contributed by atoms with Gasteiger partial charge in [-0.2, -0.15) is 0 Å². The molecule has 43 heavy (non-hydrogen) atoms. The van der Waals surface area contributed by atoms with Crippen LogP contribution < -0.4 is 10.6 Å². The lowest BCUT2D eigenvalue weighted by atomic mass is 9.99. The molecule has 0 bridgehead atoms. The minimum atomic E-state index is -0.602. The van der Waals surface area contributed by atoms with Crippen molar-refractivity contribution >= 4 is 11.8 Å². The summed E-state index contributed by atoms with van der Waals surface area (Å²) >= 11 is 0. The zero-order valence-corrected chi connectivity index (χ0v) is 24.5. The molecule has 0 aliphatic carbocycles. The summed E-state index contributed by atoms with van der Waals surface area (Å²) in [6.07, 6.45) is 0.761. The van der Waals surface area contributed by atoms with Gasteiger partial charge in [0.1, 0.15) is 0 Å². The van der Waals surface area contributed by atoms with Crippen molar-refractivity contribution in [3.8, 4) is 0 Å². The highest BCUT2D eigenvalue weighted by molar-refractivity contribution is 5.87. The molecule has 2 saturated heterocycles. The average molecular weight is 588 g/mol. The average Bonchev–Trinajstić information content (AvgIpc) is 3.44. The molecule has 3 aromatic rings. The van der Waals surface area contributed by atoms with Gasteiger partial charge in [-0.15, -0.1) is 0 Å². The number of aliphatic hydroxyl groups is 2. The van der Waals surface area contributed by atoms with Gasteiger partial charge in [0.25, 0.3) is 0 Å². The van der Waals surface area contributed by atoms with E-state index in [0.717, 1.165) is 40.8 Å². The van der Waals surface area contributed by atoms with Crippen LogP contribution in [0, 0.1) is 0 Å². The number of carbonyl (C=O) groups excluding carboxylic acids is 2. The third-order valence-electron chi connectivity index (χ3n) is 8.11. The highest BCUT2D eigenvalue weighted by Crippen LogP contribution is 2.38. The lowest BCUT2D eigenvalue weighted by Gasteiger charge is -2.37. The first-order valence-corrected chi connectivity index (χ1v) is 14.9. The Morgan fingerprint density at radius 3 is 2.28 bits per heavy atom. The molecule has 0 radical (unpaired) electrons. The largest absolute Gasteiger partial charge is 0.392 e. The molecule has 5 unspecified atom stereocenters. The van der Waals surface area contributed by atoms with Crippen molar-refractivity contribution < 1.29 is 29.3 Å². The summed E-state index contributed by atoms with van der Waals surface area (Å²) < 4.78 is 12.9. The van der Waals surface area contributed by atoms with E-state index in [2.05, 4.69) is 15.5 Å². The van der Waals surface area contributed by atoms with Gasteiger partial charge in [0.05, 0.1) is 31.0 Å². The molecule has 2 aliphatic heterocycles. The second-order valence-corrected chi connectivity index (χ2v) is 11.5. The second kappa shape index (κ2) is 14.7. The number of nitrogens with zero attached hydrogens (tertiary/aromatic N) is 1. The van der Waals surface area contributed by atoms with Gasteiger partial charge in [-0.05, 0) is 42.0 Å². The van der Waals surface area contributed by atoms with Crippen molar-refractivity contribution in [2.45, 2.75) is 70.0 Å². The normalized spacial score (nSPS) is 23.0. The molecule has 2 heterocycles. The van der Waals surface area contributed by atoms with Gasteiger partial charge in [0.2, 0.25) is 0 Å². The Kier molecular flexibility index (Phi) is 10.6. The van der Waals surface area contributed by atoms with Gasteiger partial charge in [0, 0.05) is 38.2 Å². The van der Waals surface area contributed by atoms with E-state index in [4.69, 9.17) is 9.47 Å². The summed E-state index contributed by atoms with van der Waals surface area (Å²) in [5.74, 6) is -0.0994. The quantitative estimate of drug-likeness (QED) is 0.270. The van der Waals surface area contributed by atoms with Crippen LogP contribution in [0.2, 0.25) is 0 Å². The Hall–Kier alpha value is -3.60. The number of rotatable bonds is 11. The highest BCUT2D eigenvalue weighted by atomic mass is 16.7. The zero-order chi connectivity index (χ0) is 30.2. The van der Waals surface area contributed by atoms with Gasteiger partial charge in [-0.25, -0.2) is 4.79 Å². The lowest BCUT2D eigenvalue weighted by molar-refractivity contribution is -0.252. The van der Waals surface area contributed by atoms with Gasteiger partial charge >= 0.3 is 6.03 Å². The van der Waals surface area contributed by atoms with E-state index < -0.39 is 18.4 Å². The van der Waals surface area contributed by atoms with E-state index in [1.165, 1.54) is 6.92 Å². The number of β-amino-alcohol motifs (C(OH)–C–C–N with tert-alkyl or cyclic N) is 1. The Labute approximate surface area is 252 Å². The van der Waals surface area contributed by atoms with E-state index in [9.17, 15) is 19.8 Å². The first kappa shape index (κ1) is 30.8. The standard InChI is InChI=1S/C34H41N3O6/c1-23(39)31(17-24-5-3-2-4-6-24)36-34(41)35-19-25-7-13-28(14-8-25)33-42-30(21-37-16-15-29(40)20-37)18-32(43-33)27-11-9-26(22-38)10-12-27/h2-14,29-33,38,40H,15-22H2,1H3,(H2,35,36,41). The number of ketones is 1. The molecule has 9 nitrogen and oxygen atoms in total. The third kappa shape index (κ3) is 8.72. The minimum absolute atomic E-state index is 0.00862. The van der Waals surface area contributed by atoms with Crippen molar-refractivity contribution in [3.63, 3.8) is 0 Å². The van der Waals surface area contributed by atoms with Crippen LogP contribution in [0.25, 0.3) is 0 Å². The summed E-state index contributed by atoms with van der Waals surface area (Å²) in [6.45, 7) is 3.98. The summed E-state index contributed by atoms with van der Waals surface area (Å²) in [4.78, 5) is 27.0. The van der Waals surface area contributed by atoms with E-state index in [1.807, 2.05) is 78.9 Å². The molecular weight excluding hydrogens is 546 g/mol. The van der Waals surface area contributed by atoms with E-state index in [-0.39, 0.29) is 30.7 Å². The molecule has 0 spiro atoms. The van der Waals surface area contributed by atoms with Crippen LogP contribution in [0.5, 0.6) is 0 Å². The maximum Gasteiger partial charge on any atom is 0.315 e. The molecular formula is C34H41N3O6. The number of Topliss-reactive ketones (excluding diaryl/α,β-unsaturated/α-hetero) is 1. The molecule has 2 aliphatic rings. The van der Waals surface area contributed by atoms with Gasteiger partial charge in [0.15, 0.2) is 12.1 Å². The number of hydrogen-bond acceptors (Lipinski definition) is 7. The number of aliphatic hydroxyl groups excluding tert-OH is 2. The Bertz CT molecular complexity index is 1330. The molecule has 0 aromatic heterocycles. The summed E-state index contributed by atoms with van der Waals surface area (Å²) in [5, 5.41) is 25.1. The van der Waals surface area contributed by atoms with Crippen LogP contribution in [0.1, 0.15) is 60.0 Å². The van der Waals surface area contributed by atoms with Crippen molar-refractivity contribution in [3.05, 3.63) is 107 Å². The molecule has 228 valence electrons. The van der Waals surface area contributed by atoms with Crippen LogP contribution in [0.3, 0.4) is 0 Å². The van der Waals surface area contributed by atoms with Crippen LogP contribution in [-0.4, -0.2) is 64.8 Å². The van der Waals surface area contributed by atoms with Crippen molar-refractivity contribution in [2.75, 3.05) is 19.6 Å². The maximum atomic E-state index is 12.6. The SMILES string of the molecule is CC(=O)C(Cc1ccccc1)NC(=O)NCc1ccc(C2OC(CN3CCC(O)C3)CC(c3ccc(CO)cc3)O2)cc1. The first-order valence-electron chi connectivity index (χ1n) is 14.9. The Morgan fingerprint density at radius 1 is 0.930 bits per heavy atom. The number of benzene rings is 3. The second-order valence-electron chi connectivity index (χ2n) is 11.5. The van der Waals surface area contributed by atoms with Crippen molar-refractivity contribution in [2.24, 2.45) is 0 Å². The Balaban J connectivity index is 1.20. The summed E-state index contributed by atoms with van der Waals surface area (Å²) in [7, 11) is 0. The maximum absolute atomic E-state index is 12.6.